The van der Waals surface area contributed by atoms with Gasteiger partial charge in [0, 0.05) is 5.69 Å². The zero-order valence-corrected chi connectivity index (χ0v) is 14.6. The molecule has 142 valence electrons. The predicted octanol–water partition coefficient (Wildman–Crippen LogP) is 3.39. The highest BCUT2D eigenvalue weighted by molar-refractivity contribution is 6.32. The maximum absolute atomic E-state index is 12.3. The minimum absolute atomic E-state index is 0.0491. The monoisotopic (exact) mass is 389 g/mol. The van der Waals surface area contributed by atoms with Gasteiger partial charge < -0.3 is 16.2 Å². The number of nitrogens with two attached hydrogens (primary N) is 2. The molecule has 1 aliphatic heterocycles. The zero-order chi connectivity index (χ0) is 18.9. The first-order chi connectivity index (χ1) is 12.2. The summed E-state index contributed by atoms with van der Waals surface area (Å²) in [5.74, 6) is 0.247. The smallest absolute Gasteiger partial charge is 0.422 e. The zero-order valence-electron chi connectivity index (χ0n) is 13.9. The van der Waals surface area contributed by atoms with Gasteiger partial charge in [-0.05, 0) is 43.9 Å². The number of alkyl halides is 3. The lowest BCUT2D eigenvalue weighted by Gasteiger charge is -2.45. The first kappa shape index (κ1) is 18.6. The van der Waals surface area contributed by atoms with Crippen LogP contribution in [0, 0.1) is 0 Å². The molecule has 0 atom stereocenters. The van der Waals surface area contributed by atoms with E-state index in [1.54, 1.807) is 11.0 Å². The summed E-state index contributed by atoms with van der Waals surface area (Å²) in [4.78, 5) is 10.3. The van der Waals surface area contributed by atoms with E-state index >= 15 is 0 Å². The molecule has 0 saturated heterocycles. The standard InChI is InChI=1S/C16H19ClF3N5O/c17-11-8-10(4-5-12(11)26-9-16(18,19)20)25-14(22)23-13(21)24-15(25)6-2-1-3-7-15/h4-5,8H,1-3,6-7,9H2,(H4,21,22,23,24). The van der Waals surface area contributed by atoms with Gasteiger partial charge in [-0.25, -0.2) is 4.99 Å². The van der Waals surface area contributed by atoms with Crippen molar-refractivity contribution in [2.75, 3.05) is 11.5 Å². The third-order valence-corrected chi connectivity index (χ3v) is 4.71. The molecule has 0 amide bonds. The van der Waals surface area contributed by atoms with Crippen LogP contribution in [0.25, 0.3) is 0 Å². The molecule has 0 bridgehead atoms. The van der Waals surface area contributed by atoms with Crippen LogP contribution < -0.4 is 21.1 Å². The van der Waals surface area contributed by atoms with Gasteiger partial charge in [0.25, 0.3) is 0 Å². The molecule has 4 N–H and O–H groups in total. The van der Waals surface area contributed by atoms with Gasteiger partial charge in [-0.15, -0.1) is 0 Å². The number of hydrogen-bond donors (Lipinski definition) is 2. The Hall–Kier alpha value is -2.16. The summed E-state index contributed by atoms with van der Waals surface area (Å²) in [6.07, 6.45) is 0.0568. The fraction of sp³-hybridized carbons (Fsp3) is 0.500. The third kappa shape index (κ3) is 3.82. The topological polar surface area (TPSA) is 89.2 Å². The van der Waals surface area contributed by atoms with Crippen LogP contribution in [0.2, 0.25) is 5.02 Å². The molecule has 6 nitrogen and oxygen atoms in total. The number of aliphatic imine (C=N–C) groups is 2. The fourth-order valence-corrected chi connectivity index (χ4v) is 3.63. The normalized spacial score (nSPS) is 19.9. The third-order valence-electron chi connectivity index (χ3n) is 4.42. The van der Waals surface area contributed by atoms with Gasteiger partial charge in [0.1, 0.15) is 11.4 Å². The largest absolute Gasteiger partial charge is 0.483 e. The molecule has 0 aromatic heterocycles. The van der Waals surface area contributed by atoms with E-state index in [1.807, 2.05) is 0 Å². The second-order valence-corrected chi connectivity index (χ2v) is 6.74. The average molecular weight is 390 g/mol. The Bertz CT molecular complexity index is 744. The summed E-state index contributed by atoms with van der Waals surface area (Å²) in [5, 5.41) is 0.0491. The highest BCUT2D eigenvalue weighted by Crippen LogP contribution is 2.41. The van der Waals surface area contributed by atoms with Gasteiger partial charge in [-0.3, -0.25) is 4.90 Å². The van der Waals surface area contributed by atoms with E-state index in [1.165, 1.54) is 12.1 Å². The van der Waals surface area contributed by atoms with E-state index < -0.39 is 18.4 Å². The summed E-state index contributed by atoms with van der Waals surface area (Å²) in [7, 11) is 0. The van der Waals surface area contributed by atoms with Gasteiger partial charge in [-0.2, -0.15) is 18.2 Å². The minimum atomic E-state index is -4.44. The van der Waals surface area contributed by atoms with Crippen molar-refractivity contribution in [3.05, 3.63) is 23.2 Å². The second-order valence-electron chi connectivity index (χ2n) is 6.34. The Morgan fingerprint density at radius 3 is 2.50 bits per heavy atom. The van der Waals surface area contributed by atoms with Crippen LogP contribution in [-0.2, 0) is 0 Å². The number of ether oxygens (including phenoxy) is 1. The van der Waals surface area contributed by atoms with Crippen LogP contribution >= 0.6 is 11.6 Å². The maximum atomic E-state index is 12.3. The highest BCUT2D eigenvalue weighted by atomic mass is 35.5. The summed E-state index contributed by atoms with van der Waals surface area (Å²) in [6, 6.07) is 4.48. The molecular formula is C16H19ClF3N5O. The molecule has 1 aromatic rings. The van der Waals surface area contributed by atoms with Crippen molar-refractivity contribution >= 4 is 29.2 Å². The molecule has 1 spiro atoms. The van der Waals surface area contributed by atoms with E-state index in [9.17, 15) is 13.2 Å². The molecule has 2 aliphatic rings. The van der Waals surface area contributed by atoms with Crippen molar-refractivity contribution in [1.29, 1.82) is 0 Å². The van der Waals surface area contributed by atoms with Gasteiger partial charge in [-0.1, -0.05) is 18.0 Å². The first-order valence-corrected chi connectivity index (χ1v) is 8.57. The molecular weight excluding hydrogens is 371 g/mol. The minimum Gasteiger partial charge on any atom is -0.483 e. The first-order valence-electron chi connectivity index (χ1n) is 8.19. The van der Waals surface area contributed by atoms with Crippen molar-refractivity contribution < 1.29 is 17.9 Å². The Labute approximate surface area is 153 Å². The fourth-order valence-electron chi connectivity index (χ4n) is 3.40. The number of hydrogen-bond acceptors (Lipinski definition) is 6. The highest BCUT2D eigenvalue weighted by Gasteiger charge is 2.42. The van der Waals surface area contributed by atoms with E-state index in [2.05, 4.69) is 9.98 Å². The molecule has 1 saturated carbocycles. The molecule has 0 unspecified atom stereocenters. The molecule has 26 heavy (non-hydrogen) atoms. The Morgan fingerprint density at radius 2 is 1.88 bits per heavy atom. The van der Waals surface area contributed by atoms with Crippen molar-refractivity contribution in [2.45, 2.75) is 43.9 Å². The number of halogens is 4. The Balaban J connectivity index is 1.91. The van der Waals surface area contributed by atoms with Crippen LogP contribution in [0.15, 0.2) is 28.2 Å². The van der Waals surface area contributed by atoms with E-state index in [0.717, 1.165) is 32.1 Å². The van der Waals surface area contributed by atoms with Crippen LogP contribution in [-0.4, -0.2) is 30.4 Å². The molecule has 3 rings (SSSR count). The SMILES string of the molecule is NC1=NC2(CCCCC2)N(c2ccc(OCC(F)(F)F)c(Cl)c2)C(N)=N1. The van der Waals surface area contributed by atoms with E-state index in [-0.39, 0.29) is 22.7 Å². The maximum Gasteiger partial charge on any atom is 0.422 e. The number of guanidine groups is 2. The summed E-state index contributed by atoms with van der Waals surface area (Å²) < 4.78 is 41.7. The van der Waals surface area contributed by atoms with Crippen LogP contribution in [0.1, 0.15) is 32.1 Å². The van der Waals surface area contributed by atoms with Crippen LogP contribution in [0.5, 0.6) is 5.75 Å². The number of benzene rings is 1. The van der Waals surface area contributed by atoms with Gasteiger partial charge >= 0.3 is 6.18 Å². The van der Waals surface area contributed by atoms with E-state index in [4.69, 9.17) is 27.8 Å². The lowest BCUT2D eigenvalue weighted by atomic mass is 9.87. The van der Waals surface area contributed by atoms with Crippen molar-refractivity contribution in [2.24, 2.45) is 21.5 Å². The summed E-state index contributed by atoms with van der Waals surface area (Å²) in [6.45, 7) is -1.41. The molecule has 0 radical (unpaired) electrons. The quantitative estimate of drug-likeness (QED) is 0.829. The molecule has 1 aromatic carbocycles. The van der Waals surface area contributed by atoms with Crippen molar-refractivity contribution in [1.82, 2.24) is 0 Å². The average Bonchev–Trinajstić information content (AvgIpc) is 2.53. The van der Waals surface area contributed by atoms with Gasteiger partial charge in [0.15, 0.2) is 6.61 Å². The molecule has 1 aliphatic carbocycles. The lowest BCUT2D eigenvalue weighted by molar-refractivity contribution is -0.153. The second kappa shape index (κ2) is 6.86. The predicted molar refractivity (Wildman–Crippen MR) is 94.5 cm³/mol. The number of anilines is 1. The Kier molecular flexibility index (Phi) is 4.92. The molecule has 1 heterocycles. The van der Waals surface area contributed by atoms with Crippen LogP contribution in [0.3, 0.4) is 0 Å². The molecule has 10 heteroatoms. The van der Waals surface area contributed by atoms with Crippen molar-refractivity contribution in [3.8, 4) is 5.75 Å². The molecule has 1 fully saturated rings. The van der Waals surface area contributed by atoms with Gasteiger partial charge in [0.2, 0.25) is 11.9 Å². The number of nitrogens with zero attached hydrogens (tertiary/aromatic N) is 3. The van der Waals surface area contributed by atoms with Crippen molar-refractivity contribution in [3.63, 3.8) is 0 Å². The van der Waals surface area contributed by atoms with Crippen LogP contribution in [0.4, 0.5) is 18.9 Å². The summed E-state index contributed by atoms with van der Waals surface area (Å²) >= 11 is 6.12. The number of rotatable bonds is 3. The van der Waals surface area contributed by atoms with E-state index in [0.29, 0.717) is 5.69 Å². The lowest BCUT2D eigenvalue weighted by Crippen LogP contribution is -2.58. The van der Waals surface area contributed by atoms with Gasteiger partial charge in [0.05, 0.1) is 5.02 Å². The summed E-state index contributed by atoms with van der Waals surface area (Å²) in [5.41, 5.74) is 11.8. The Morgan fingerprint density at radius 1 is 1.19 bits per heavy atom.